The molecule has 5 heteroatoms. The summed E-state index contributed by atoms with van der Waals surface area (Å²) >= 11 is 1.92. The molecule has 1 aromatic carbocycles. The van der Waals surface area contributed by atoms with Gasteiger partial charge < -0.3 is 4.90 Å². The highest BCUT2D eigenvalue weighted by Crippen LogP contribution is 2.47. The van der Waals surface area contributed by atoms with Gasteiger partial charge in [-0.15, -0.1) is 0 Å². The van der Waals surface area contributed by atoms with Gasteiger partial charge in [0, 0.05) is 11.8 Å². The Morgan fingerprint density at radius 1 is 1.38 bits per heavy atom. The number of rotatable bonds is 2. The van der Waals surface area contributed by atoms with Crippen molar-refractivity contribution < 1.29 is 9.18 Å². The number of amides is 1. The van der Waals surface area contributed by atoms with Crippen LogP contribution in [0.1, 0.15) is 37.4 Å². The number of nitrogens with one attached hydrogen (secondary N) is 1. The van der Waals surface area contributed by atoms with E-state index in [0.29, 0.717) is 0 Å². The van der Waals surface area contributed by atoms with Gasteiger partial charge in [-0.3, -0.25) is 10.1 Å². The first-order chi connectivity index (χ1) is 10.2. The summed E-state index contributed by atoms with van der Waals surface area (Å²) in [4.78, 5) is 14.8. The second kappa shape index (κ2) is 4.99. The zero-order valence-corrected chi connectivity index (χ0v) is 12.7. The third-order valence-corrected chi connectivity index (χ3v) is 5.98. The number of nitrogens with zero attached hydrogens (tertiary/aromatic N) is 1. The Bertz CT molecular complexity index is 569. The topological polar surface area (TPSA) is 32.3 Å². The molecule has 3 aliphatic rings. The maximum Gasteiger partial charge on any atom is 0.244 e. The van der Waals surface area contributed by atoms with Crippen LogP contribution in [-0.2, 0) is 4.79 Å². The summed E-state index contributed by atoms with van der Waals surface area (Å²) in [6, 6.07) is 6.92. The summed E-state index contributed by atoms with van der Waals surface area (Å²) < 4.78 is 13.6. The lowest BCUT2D eigenvalue weighted by atomic mass is 10.1. The fourth-order valence-electron chi connectivity index (χ4n) is 3.48. The van der Waals surface area contributed by atoms with Crippen LogP contribution in [-0.4, -0.2) is 33.9 Å². The van der Waals surface area contributed by atoms with Crippen LogP contribution in [0.25, 0.3) is 0 Å². The van der Waals surface area contributed by atoms with Gasteiger partial charge in [0.2, 0.25) is 5.91 Å². The first-order valence-corrected chi connectivity index (χ1v) is 8.79. The van der Waals surface area contributed by atoms with E-state index in [1.54, 1.807) is 12.1 Å². The van der Waals surface area contributed by atoms with Crippen molar-refractivity contribution in [1.29, 1.82) is 0 Å². The van der Waals surface area contributed by atoms with Crippen molar-refractivity contribution in [2.75, 3.05) is 11.5 Å². The zero-order chi connectivity index (χ0) is 14.4. The van der Waals surface area contributed by atoms with E-state index >= 15 is 0 Å². The molecule has 112 valence electrons. The van der Waals surface area contributed by atoms with E-state index in [0.717, 1.165) is 37.0 Å². The molecule has 2 unspecified atom stereocenters. The number of carbonyl (C=O) groups is 1. The van der Waals surface area contributed by atoms with Crippen molar-refractivity contribution >= 4 is 17.7 Å². The molecule has 4 rings (SSSR count). The molecule has 2 heterocycles. The van der Waals surface area contributed by atoms with Gasteiger partial charge in [-0.2, -0.15) is 11.8 Å². The number of carbonyl (C=O) groups excluding carboxylic acids is 1. The van der Waals surface area contributed by atoms with Crippen LogP contribution in [0.3, 0.4) is 0 Å². The Labute approximate surface area is 128 Å². The lowest BCUT2D eigenvalue weighted by Gasteiger charge is -2.35. The standard InChI is InChI=1S/C16H19FN2OS/c17-12-4-1-3-11(9-12)14-18-16(6-7-16)15(20)19(14)13-5-2-8-21-10-13/h1,3-4,9,13-14,18H,2,5-8,10H2. The molecule has 3 fully saturated rings. The van der Waals surface area contributed by atoms with E-state index in [1.807, 2.05) is 22.7 Å². The average molecular weight is 306 g/mol. The molecule has 0 radical (unpaired) electrons. The summed E-state index contributed by atoms with van der Waals surface area (Å²) in [5.74, 6) is 2.16. The largest absolute Gasteiger partial charge is 0.317 e. The molecule has 1 aromatic rings. The van der Waals surface area contributed by atoms with Gasteiger partial charge in [-0.1, -0.05) is 12.1 Å². The first kappa shape index (κ1) is 13.6. The van der Waals surface area contributed by atoms with Crippen LogP contribution in [0.5, 0.6) is 0 Å². The molecule has 0 aromatic heterocycles. The normalized spacial score (nSPS) is 30.9. The number of thioether (sulfide) groups is 1. The second-order valence-corrected chi connectivity index (χ2v) is 7.42. The monoisotopic (exact) mass is 306 g/mol. The Balaban J connectivity index is 1.68. The molecule has 1 aliphatic carbocycles. The van der Waals surface area contributed by atoms with Crippen LogP contribution >= 0.6 is 11.8 Å². The van der Waals surface area contributed by atoms with Gasteiger partial charge in [0.05, 0.1) is 0 Å². The molecule has 0 bridgehead atoms. The second-order valence-electron chi connectivity index (χ2n) is 6.27. The number of benzene rings is 1. The van der Waals surface area contributed by atoms with Gasteiger partial charge in [0.1, 0.15) is 17.5 Å². The third kappa shape index (κ3) is 2.27. The van der Waals surface area contributed by atoms with E-state index in [-0.39, 0.29) is 29.5 Å². The zero-order valence-electron chi connectivity index (χ0n) is 11.8. The highest BCUT2D eigenvalue weighted by Gasteiger charge is 2.60. The molecule has 2 aliphatic heterocycles. The summed E-state index contributed by atoms with van der Waals surface area (Å²) in [5.41, 5.74) is 0.515. The molecule has 2 atom stereocenters. The summed E-state index contributed by atoms with van der Waals surface area (Å²) in [7, 11) is 0. The van der Waals surface area contributed by atoms with E-state index in [4.69, 9.17) is 0 Å². The number of hydrogen-bond acceptors (Lipinski definition) is 3. The number of halogens is 1. The lowest BCUT2D eigenvalue weighted by molar-refractivity contribution is -0.132. The minimum Gasteiger partial charge on any atom is -0.317 e. The van der Waals surface area contributed by atoms with Gasteiger partial charge in [-0.05, 0) is 49.1 Å². The van der Waals surface area contributed by atoms with Crippen molar-refractivity contribution in [2.45, 2.75) is 43.4 Å². The van der Waals surface area contributed by atoms with Crippen LogP contribution in [0.2, 0.25) is 0 Å². The van der Waals surface area contributed by atoms with Gasteiger partial charge in [0.25, 0.3) is 0 Å². The maximum atomic E-state index is 13.6. The van der Waals surface area contributed by atoms with Crippen molar-refractivity contribution in [1.82, 2.24) is 10.2 Å². The van der Waals surface area contributed by atoms with Crippen molar-refractivity contribution in [3.05, 3.63) is 35.6 Å². The van der Waals surface area contributed by atoms with Gasteiger partial charge >= 0.3 is 0 Å². The average Bonchev–Trinajstić information content (AvgIpc) is 3.22. The Kier molecular flexibility index (Phi) is 3.23. The maximum absolute atomic E-state index is 13.6. The SMILES string of the molecule is O=C1N(C2CCCSC2)C(c2cccc(F)c2)NC12CC2. The molecular weight excluding hydrogens is 287 g/mol. The highest BCUT2D eigenvalue weighted by atomic mass is 32.2. The van der Waals surface area contributed by atoms with Crippen molar-refractivity contribution in [3.8, 4) is 0 Å². The quantitative estimate of drug-likeness (QED) is 0.912. The highest BCUT2D eigenvalue weighted by molar-refractivity contribution is 7.99. The molecule has 21 heavy (non-hydrogen) atoms. The molecule has 1 amide bonds. The van der Waals surface area contributed by atoms with E-state index in [2.05, 4.69) is 5.32 Å². The summed E-state index contributed by atoms with van der Waals surface area (Å²) in [6.45, 7) is 0. The van der Waals surface area contributed by atoms with Crippen molar-refractivity contribution in [3.63, 3.8) is 0 Å². The van der Waals surface area contributed by atoms with Gasteiger partial charge in [-0.25, -0.2) is 4.39 Å². The van der Waals surface area contributed by atoms with E-state index in [9.17, 15) is 9.18 Å². The smallest absolute Gasteiger partial charge is 0.244 e. The Morgan fingerprint density at radius 3 is 2.90 bits per heavy atom. The van der Waals surface area contributed by atoms with E-state index in [1.165, 1.54) is 11.8 Å². The minimum atomic E-state index is -0.348. The third-order valence-electron chi connectivity index (χ3n) is 4.78. The molecule has 1 saturated carbocycles. The Morgan fingerprint density at radius 2 is 2.24 bits per heavy atom. The molecule has 1 N–H and O–H groups in total. The molecule has 2 saturated heterocycles. The van der Waals surface area contributed by atoms with Gasteiger partial charge in [0.15, 0.2) is 0 Å². The van der Waals surface area contributed by atoms with Crippen LogP contribution < -0.4 is 5.32 Å². The lowest BCUT2D eigenvalue weighted by Crippen LogP contribution is -2.43. The van der Waals surface area contributed by atoms with Crippen LogP contribution in [0.15, 0.2) is 24.3 Å². The fraction of sp³-hybridized carbons (Fsp3) is 0.562. The first-order valence-electron chi connectivity index (χ1n) is 7.63. The van der Waals surface area contributed by atoms with Crippen LogP contribution in [0, 0.1) is 5.82 Å². The molecule has 1 spiro atoms. The summed E-state index contributed by atoms with van der Waals surface area (Å²) in [5, 5.41) is 3.48. The fourth-order valence-corrected chi connectivity index (χ4v) is 4.62. The predicted octanol–water partition coefficient (Wildman–Crippen LogP) is 2.68. The van der Waals surface area contributed by atoms with E-state index < -0.39 is 0 Å². The molecule has 3 nitrogen and oxygen atoms in total. The summed E-state index contributed by atoms with van der Waals surface area (Å²) in [6.07, 6.45) is 3.87. The number of hydrogen-bond donors (Lipinski definition) is 1. The molecular formula is C16H19FN2OS. The predicted molar refractivity (Wildman–Crippen MR) is 81.4 cm³/mol. The minimum absolute atomic E-state index is 0.167. The van der Waals surface area contributed by atoms with Crippen molar-refractivity contribution in [2.24, 2.45) is 0 Å². The van der Waals surface area contributed by atoms with Crippen LogP contribution in [0.4, 0.5) is 4.39 Å². The Hall–Kier alpha value is -1.07.